The minimum Gasteiger partial charge on any atom is -0.381 e. The Balaban J connectivity index is 1.59. The third-order valence-corrected chi connectivity index (χ3v) is 6.54. The van der Waals surface area contributed by atoms with E-state index in [9.17, 15) is 9.59 Å². The van der Waals surface area contributed by atoms with Crippen LogP contribution in [0.2, 0.25) is 0 Å². The first kappa shape index (κ1) is 17.5. The van der Waals surface area contributed by atoms with Crippen molar-refractivity contribution in [3.8, 4) is 0 Å². The number of amides is 3. The van der Waals surface area contributed by atoms with Crippen molar-refractivity contribution in [3.05, 3.63) is 35.9 Å². The molecule has 0 radical (unpaired) electrons. The van der Waals surface area contributed by atoms with Gasteiger partial charge in [0.1, 0.15) is 5.54 Å². The van der Waals surface area contributed by atoms with E-state index >= 15 is 0 Å². The molecule has 1 atom stereocenters. The summed E-state index contributed by atoms with van der Waals surface area (Å²) >= 11 is 0. The van der Waals surface area contributed by atoms with E-state index in [0.29, 0.717) is 18.8 Å². The maximum absolute atomic E-state index is 12.3. The zero-order valence-electron chi connectivity index (χ0n) is 15.3. The van der Waals surface area contributed by atoms with Gasteiger partial charge in [-0.3, -0.25) is 15.0 Å². The fourth-order valence-corrected chi connectivity index (χ4v) is 4.90. The summed E-state index contributed by atoms with van der Waals surface area (Å²) in [6.07, 6.45) is 4.11. The zero-order valence-corrected chi connectivity index (χ0v) is 15.3. The highest BCUT2D eigenvalue weighted by Crippen LogP contribution is 2.46. The highest BCUT2D eigenvalue weighted by molar-refractivity contribution is 6.07. The van der Waals surface area contributed by atoms with Gasteiger partial charge in [0.05, 0.1) is 6.61 Å². The van der Waals surface area contributed by atoms with E-state index < -0.39 is 5.54 Å². The summed E-state index contributed by atoms with van der Waals surface area (Å²) in [7, 11) is 2.19. The molecule has 4 rings (SSSR count). The van der Waals surface area contributed by atoms with E-state index in [2.05, 4.69) is 46.8 Å². The van der Waals surface area contributed by atoms with Crippen molar-refractivity contribution in [1.29, 1.82) is 0 Å². The first-order valence-electron chi connectivity index (χ1n) is 9.52. The lowest BCUT2D eigenvalue weighted by Crippen LogP contribution is -2.57. The predicted molar refractivity (Wildman–Crippen MR) is 97.5 cm³/mol. The number of imide groups is 1. The molecule has 2 saturated heterocycles. The molecule has 3 amide bonds. The van der Waals surface area contributed by atoms with Crippen LogP contribution in [0.1, 0.15) is 37.7 Å². The van der Waals surface area contributed by atoms with Crippen molar-refractivity contribution in [3.63, 3.8) is 0 Å². The molecule has 6 heteroatoms. The number of hydrogen-bond acceptors (Lipinski definition) is 4. The number of carbonyl (C=O) groups is 2. The number of carbonyl (C=O) groups excluding carboxylic acids is 2. The van der Waals surface area contributed by atoms with Gasteiger partial charge in [0.15, 0.2) is 0 Å². The molecule has 0 aromatic heterocycles. The number of urea groups is 1. The van der Waals surface area contributed by atoms with Gasteiger partial charge in [-0.1, -0.05) is 30.3 Å². The molecular weight excluding hydrogens is 330 g/mol. The van der Waals surface area contributed by atoms with Crippen LogP contribution in [-0.2, 0) is 15.1 Å². The van der Waals surface area contributed by atoms with Crippen LogP contribution in [0.25, 0.3) is 0 Å². The summed E-state index contributed by atoms with van der Waals surface area (Å²) in [5, 5.41) is 5.30. The summed E-state index contributed by atoms with van der Waals surface area (Å²) in [6.45, 7) is 2.67. The van der Waals surface area contributed by atoms with Gasteiger partial charge in [0.2, 0.25) is 0 Å². The average Bonchev–Trinajstić information content (AvgIpc) is 3.25. The van der Waals surface area contributed by atoms with Crippen LogP contribution in [0.15, 0.2) is 30.3 Å². The van der Waals surface area contributed by atoms with E-state index in [1.165, 1.54) is 5.56 Å². The summed E-state index contributed by atoms with van der Waals surface area (Å²) < 4.78 is 5.56. The highest BCUT2D eigenvalue weighted by atomic mass is 16.5. The molecule has 3 aliphatic rings. The largest absolute Gasteiger partial charge is 0.381 e. The minimum absolute atomic E-state index is 0.108. The lowest BCUT2D eigenvalue weighted by Gasteiger charge is -2.49. The third kappa shape index (κ3) is 2.91. The van der Waals surface area contributed by atoms with Crippen LogP contribution >= 0.6 is 0 Å². The Hall–Kier alpha value is -1.92. The van der Waals surface area contributed by atoms with E-state index in [4.69, 9.17) is 4.74 Å². The van der Waals surface area contributed by atoms with E-state index in [1.54, 1.807) is 0 Å². The summed E-state index contributed by atoms with van der Waals surface area (Å²) in [6, 6.07) is 10.2. The summed E-state index contributed by atoms with van der Waals surface area (Å²) in [5.74, 6) is 0.391. The van der Waals surface area contributed by atoms with Gasteiger partial charge < -0.3 is 10.1 Å². The number of nitrogens with one attached hydrogen (secondary N) is 2. The zero-order chi connectivity index (χ0) is 18.2. The number of hydrogen-bond donors (Lipinski definition) is 2. The topological polar surface area (TPSA) is 70.7 Å². The maximum Gasteiger partial charge on any atom is 0.322 e. The molecule has 1 aromatic rings. The second-order valence-corrected chi connectivity index (χ2v) is 8.00. The molecule has 1 spiro atoms. The molecule has 140 valence electrons. The quantitative estimate of drug-likeness (QED) is 0.809. The maximum atomic E-state index is 12.3. The van der Waals surface area contributed by atoms with E-state index in [0.717, 1.165) is 39.0 Å². The van der Waals surface area contributed by atoms with Gasteiger partial charge in [-0.25, -0.2) is 4.79 Å². The van der Waals surface area contributed by atoms with Crippen molar-refractivity contribution in [1.82, 2.24) is 15.5 Å². The number of nitrogens with zero attached hydrogens (tertiary/aromatic N) is 1. The third-order valence-electron chi connectivity index (χ3n) is 6.54. The van der Waals surface area contributed by atoms with Gasteiger partial charge in [0, 0.05) is 18.7 Å². The molecule has 2 heterocycles. The molecule has 26 heavy (non-hydrogen) atoms. The molecule has 1 unspecified atom stereocenters. The average molecular weight is 357 g/mol. The van der Waals surface area contributed by atoms with Gasteiger partial charge in [-0.05, 0) is 50.6 Å². The molecule has 2 N–H and O–H groups in total. The second-order valence-electron chi connectivity index (χ2n) is 8.00. The number of ether oxygens (including phenoxy) is 1. The minimum atomic E-state index is -0.729. The Bertz CT molecular complexity index is 677. The molecular formula is C20H27N3O3. The molecule has 0 bridgehead atoms. The molecule has 3 fully saturated rings. The standard InChI is InChI=1S/C20H27N3O3/c1-23(13-15-7-12-26-14-15)20(16-5-3-2-4-6-16)10-8-19(9-11-20)17(24)21-18(25)22-19/h2-6,15H,7-14H2,1H3,(H2,21,22,24,25)/t15?,19-,20+. The Kier molecular flexibility index (Phi) is 4.49. The van der Waals surface area contributed by atoms with Crippen molar-refractivity contribution >= 4 is 11.9 Å². The summed E-state index contributed by atoms with van der Waals surface area (Å²) in [5.41, 5.74) is 0.455. The van der Waals surface area contributed by atoms with Gasteiger partial charge in [-0.15, -0.1) is 0 Å². The van der Waals surface area contributed by atoms with Crippen LogP contribution in [0.4, 0.5) is 4.79 Å². The molecule has 1 aliphatic carbocycles. The Labute approximate surface area is 154 Å². The lowest BCUT2D eigenvalue weighted by molar-refractivity contribution is -0.126. The fraction of sp³-hybridized carbons (Fsp3) is 0.600. The second kappa shape index (κ2) is 6.67. The lowest BCUT2D eigenvalue weighted by atomic mass is 9.68. The van der Waals surface area contributed by atoms with Gasteiger partial charge in [-0.2, -0.15) is 0 Å². The van der Waals surface area contributed by atoms with Crippen molar-refractivity contribution in [2.24, 2.45) is 5.92 Å². The van der Waals surface area contributed by atoms with Crippen LogP contribution in [-0.4, -0.2) is 49.2 Å². The Morgan fingerprint density at radius 2 is 1.88 bits per heavy atom. The number of rotatable bonds is 4. The molecule has 6 nitrogen and oxygen atoms in total. The van der Waals surface area contributed by atoms with Crippen molar-refractivity contribution in [2.75, 3.05) is 26.8 Å². The number of benzene rings is 1. The molecule has 2 aliphatic heterocycles. The van der Waals surface area contributed by atoms with Crippen LogP contribution in [0, 0.1) is 5.92 Å². The van der Waals surface area contributed by atoms with Crippen LogP contribution < -0.4 is 10.6 Å². The van der Waals surface area contributed by atoms with Crippen LogP contribution in [0.5, 0.6) is 0 Å². The van der Waals surface area contributed by atoms with Crippen molar-refractivity contribution in [2.45, 2.75) is 43.2 Å². The highest BCUT2D eigenvalue weighted by Gasteiger charge is 2.53. The first-order valence-corrected chi connectivity index (χ1v) is 9.52. The van der Waals surface area contributed by atoms with Gasteiger partial charge >= 0.3 is 6.03 Å². The first-order chi connectivity index (χ1) is 12.5. The van der Waals surface area contributed by atoms with Gasteiger partial charge in [0.25, 0.3) is 5.91 Å². The van der Waals surface area contributed by atoms with Crippen LogP contribution in [0.3, 0.4) is 0 Å². The summed E-state index contributed by atoms with van der Waals surface area (Å²) in [4.78, 5) is 26.4. The predicted octanol–water partition coefficient (Wildman–Crippen LogP) is 2.00. The van der Waals surface area contributed by atoms with E-state index in [1.807, 2.05) is 6.07 Å². The van der Waals surface area contributed by atoms with E-state index in [-0.39, 0.29) is 17.5 Å². The van der Waals surface area contributed by atoms with Crippen molar-refractivity contribution < 1.29 is 14.3 Å². The Morgan fingerprint density at radius 1 is 1.15 bits per heavy atom. The smallest absolute Gasteiger partial charge is 0.322 e. The molecule has 1 saturated carbocycles. The Morgan fingerprint density at radius 3 is 2.46 bits per heavy atom. The monoisotopic (exact) mass is 357 g/mol. The SMILES string of the molecule is CN(CC1CCOC1)[C@]1(c2ccccc2)CC[C@@]2(CC1)NC(=O)NC2=O. The normalized spacial score (nSPS) is 34.3. The molecule has 1 aromatic carbocycles. The fourth-order valence-electron chi connectivity index (χ4n) is 4.90.